The van der Waals surface area contributed by atoms with Gasteiger partial charge in [0.15, 0.2) is 0 Å². The average Bonchev–Trinajstić information content (AvgIpc) is 3.45. The van der Waals surface area contributed by atoms with Crippen LogP contribution in [0.3, 0.4) is 0 Å². The molecule has 1 aliphatic rings. The summed E-state index contributed by atoms with van der Waals surface area (Å²) in [5.74, 6) is 1.10. The maximum Gasteiger partial charge on any atom is 0.393 e. The number of aliphatic hydroxyl groups is 2. The van der Waals surface area contributed by atoms with Crippen LogP contribution in [0, 0.1) is 0 Å². The van der Waals surface area contributed by atoms with Gasteiger partial charge in [0.1, 0.15) is 28.8 Å². The number of likely N-dealkylation sites (N-methyl/N-ethyl adjacent to an activating group) is 1. The van der Waals surface area contributed by atoms with Crippen molar-refractivity contribution in [3.8, 4) is 16.9 Å². The molecule has 0 saturated heterocycles. The van der Waals surface area contributed by atoms with Crippen molar-refractivity contribution in [1.82, 2.24) is 20.3 Å². The Hall–Kier alpha value is -3.03. The fourth-order valence-electron chi connectivity index (χ4n) is 4.96. The van der Waals surface area contributed by atoms with Crippen LogP contribution in [0.4, 0.5) is 19.0 Å². The zero-order valence-corrected chi connectivity index (χ0v) is 23.3. The van der Waals surface area contributed by atoms with Gasteiger partial charge in [0.25, 0.3) is 0 Å². The molecule has 1 aromatic carbocycles. The fourth-order valence-corrected chi connectivity index (χ4v) is 5.98. The highest BCUT2D eigenvalue weighted by Gasteiger charge is 2.44. The lowest BCUT2D eigenvalue weighted by molar-refractivity contribution is -0.126. The van der Waals surface area contributed by atoms with Crippen LogP contribution in [0.25, 0.3) is 21.3 Å². The Kier molecular flexibility index (Phi) is 9.16. The standard InChI is InChI=1S/C27H28F3N5O3S.ClH/c1-35(25-20-8-19(10-27(28,29)30)39-26(20)34-14-33-25)22-9-21(23(36)24(22)37)32-11-15-3-5-16(6-4-15)17-7-18(38-2)13-31-12-17;/h3-8,12-14,21-24,32,36-37H,9-11H2,1-2H3;1H/t21-,22+,23+,24-;/m1./s1. The Labute approximate surface area is 239 Å². The van der Waals surface area contributed by atoms with Gasteiger partial charge in [0.2, 0.25) is 0 Å². The molecule has 0 spiro atoms. The van der Waals surface area contributed by atoms with Gasteiger partial charge in [0.05, 0.1) is 37.3 Å². The van der Waals surface area contributed by atoms with Crippen molar-refractivity contribution in [1.29, 1.82) is 0 Å². The number of hydrogen-bond donors (Lipinski definition) is 3. The summed E-state index contributed by atoms with van der Waals surface area (Å²) in [5.41, 5.74) is 2.93. The molecule has 13 heteroatoms. The van der Waals surface area contributed by atoms with Crippen LogP contribution < -0.4 is 15.0 Å². The number of benzene rings is 1. The Morgan fingerprint density at radius 2 is 1.82 bits per heavy atom. The Balaban J connectivity index is 0.00000370. The second-order valence-electron chi connectivity index (χ2n) is 9.61. The van der Waals surface area contributed by atoms with Gasteiger partial charge in [0, 0.05) is 36.3 Å². The highest BCUT2D eigenvalue weighted by molar-refractivity contribution is 7.18. The largest absolute Gasteiger partial charge is 0.495 e. The van der Waals surface area contributed by atoms with Crippen molar-refractivity contribution in [3.05, 3.63) is 65.6 Å². The van der Waals surface area contributed by atoms with Crippen molar-refractivity contribution in [2.45, 2.75) is 49.9 Å². The van der Waals surface area contributed by atoms with Gasteiger partial charge in [-0.05, 0) is 29.7 Å². The van der Waals surface area contributed by atoms with E-state index in [4.69, 9.17) is 4.74 Å². The molecule has 214 valence electrons. The molecule has 5 rings (SSSR count). The SMILES string of the molecule is COc1cncc(-c2ccc(CN[C@@H]3C[C@H](N(C)c4ncnc5sc(CC(F)(F)F)cc45)[C@@H](O)[C@H]3O)cc2)c1.Cl. The van der Waals surface area contributed by atoms with E-state index in [2.05, 4.69) is 20.3 Å². The number of fused-ring (bicyclic) bond motifs is 1. The molecule has 40 heavy (non-hydrogen) atoms. The summed E-state index contributed by atoms with van der Waals surface area (Å²) in [6.07, 6.45) is -2.33. The normalized spacial score (nSPS) is 20.9. The maximum absolute atomic E-state index is 12.9. The topological polar surface area (TPSA) is 104 Å². The third-order valence-corrected chi connectivity index (χ3v) is 8.07. The highest BCUT2D eigenvalue weighted by Crippen LogP contribution is 2.36. The molecule has 8 nitrogen and oxygen atoms in total. The van der Waals surface area contributed by atoms with Crippen LogP contribution in [0.5, 0.6) is 5.75 Å². The van der Waals surface area contributed by atoms with E-state index < -0.39 is 36.9 Å². The number of aromatic nitrogens is 3. The summed E-state index contributed by atoms with van der Waals surface area (Å²) < 4.78 is 44.0. The Morgan fingerprint density at radius 1 is 1.07 bits per heavy atom. The Morgan fingerprint density at radius 3 is 2.52 bits per heavy atom. The van der Waals surface area contributed by atoms with Gasteiger partial charge in [-0.1, -0.05) is 24.3 Å². The number of thiophene rings is 1. The smallest absolute Gasteiger partial charge is 0.393 e. The van der Waals surface area contributed by atoms with E-state index in [1.54, 1.807) is 31.5 Å². The predicted octanol–water partition coefficient (Wildman–Crippen LogP) is 4.38. The molecule has 3 N–H and O–H groups in total. The average molecular weight is 596 g/mol. The quantitative estimate of drug-likeness (QED) is 0.276. The molecule has 4 atom stereocenters. The molecule has 1 aliphatic carbocycles. The molecule has 3 heterocycles. The Bertz CT molecular complexity index is 1440. The first kappa shape index (κ1) is 29.9. The van der Waals surface area contributed by atoms with Gasteiger partial charge in [-0.25, -0.2) is 9.97 Å². The number of alkyl halides is 3. The molecule has 3 aromatic heterocycles. The van der Waals surface area contributed by atoms with E-state index >= 15 is 0 Å². The monoisotopic (exact) mass is 595 g/mol. The van der Waals surface area contributed by atoms with Crippen LogP contribution in [-0.4, -0.2) is 69.8 Å². The molecule has 1 saturated carbocycles. The number of nitrogens with zero attached hydrogens (tertiary/aromatic N) is 4. The van der Waals surface area contributed by atoms with Crippen LogP contribution in [0.2, 0.25) is 0 Å². The number of anilines is 1. The molecule has 0 amide bonds. The second kappa shape index (κ2) is 12.2. The minimum absolute atomic E-state index is 0. The summed E-state index contributed by atoms with van der Waals surface area (Å²) in [5, 5.41) is 25.5. The molecule has 0 bridgehead atoms. The lowest BCUT2D eigenvalue weighted by atomic mass is 10.1. The molecule has 4 aromatic rings. The number of aliphatic hydroxyl groups excluding tert-OH is 2. The molecule has 1 fully saturated rings. The summed E-state index contributed by atoms with van der Waals surface area (Å²) in [6, 6.07) is 10.4. The summed E-state index contributed by atoms with van der Waals surface area (Å²) >= 11 is 0.975. The van der Waals surface area contributed by atoms with E-state index in [-0.39, 0.29) is 17.3 Å². The van der Waals surface area contributed by atoms with Crippen LogP contribution in [0.15, 0.2) is 55.1 Å². The summed E-state index contributed by atoms with van der Waals surface area (Å²) in [6.45, 7) is 0.477. The first-order valence-electron chi connectivity index (χ1n) is 12.3. The summed E-state index contributed by atoms with van der Waals surface area (Å²) in [4.78, 5) is 14.9. The van der Waals surface area contributed by atoms with Gasteiger partial charge in [-0.15, -0.1) is 23.7 Å². The number of halogens is 4. The molecule has 0 unspecified atom stereocenters. The zero-order valence-electron chi connectivity index (χ0n) is 21.7. The van der Waals surface area contributed by atoms with E-state index in [0.29, 0.717) is 34.7 Å². The highest BCUT2D eigenvalue weighted by atomic mass is 35.5. The second-order valence-corrected chi connectivity index (χ2v) is 10.7. The minimum Gasteiger partial charge on any atom is -0.495 e. The van der Waals surface area contributed by atoms with E-state index in [0.717, 1.165) is 28.0 Å². The lowest BCUT2D eigenvalue weighted by Crippen LogP contribution is -2.43. The zero-order chi connectivity index (χ0) is 27.7. The number of methoxy groups -OCH3 is 1. The first-order valence-corrected chi connectivity index (χ1v) is 13.2. The fraction of sp³-hybridized carbons (Fsp3) is 0.370. The van der Waals surface area contributed by atoms with Gasteiger partial charge >= 0.3 is 6.18 Å². The molecule has 0 radical (unpaired) electrons. The molecular weight excluding hydrogens is 567 g/mol. The molecular formula is C27H29ClF3N5O3S. The number of hydrogen-bond acceptors (Lipinski definition) is 9. The van der Waals surface area contributed by atoms with Crippen LogP contribution >= 0.6 is 23.7 Å². The number of pyridine rings is 1. The number of nitrogens with one attached hydrogen (secondary N) is 1. The van der Waals surface area contributed by atoms with Gasteiger partial charge in [-0.3, -0.25) is 4.98 Å². The van der Waals surface area contributed by atoms with E-state index in [1.165, 1.54) is 12.4 Å². The van der Waals surface area contributed by atoms with Crippen molar-refractivity contribution < 1.29 is 28.1 Å². The third-order valence-electron chi connectivity index (χ3n) is 7.02. The number of ether oxygens (including phenoxy) is 1. The third kappa shape index (κ3) is 6.47. The van der Waals surface area contributed by atoms with E-state index in [9.17, 15) is 23.4 Å². The van der Waals surface area contributed by atoms with Gasteiger partial charge in [-0.2, -0.15) is 13.2 Å². The van der Waals surface area contributed by atoms with Crippen molar-refractivity contribution >= 4 is 39.8 Å². The summed E-state index contributed by atoms with van der Waals surface area (Å²) in [7, 11) is 3.31. The van der Waals surface area contributed by atoms with Gasteiger partial charge < -0.3 is 25.2 Å². The van der Waals surface area contributed by atoms with Crippen molar-refractivity contribution in [3.63, 3.8) is 0 Å². The van der Waals surface area contributed by atoms with E-state index in [1.807, 2.05) is 30.3 Å². The maximum atomic E-state index is 12.9. The number of rotatable bonds is 8. The van der Waals surface area contributed by atoms with Crippen molar-refractivity contribution in [2.75, 3.05) is 19.1 Å². The molecule has 0 aliphatic heterocycles. The first-order chi connectivity index (χ1) is 18.6. The van der Waals surface area contributed by atoms with Crippen LogP contribution in [-0.2, 0) is 13.0 Å². The minimum atomic E-state index is -4.32. The van der Waals surface area contributed by atoms with Crippen LogP contribution in [0.1, 0.15) is 16.9 Å². The predicted molar refractivity (Wildman–Crippen MR) is 150 cm³/mol. The van der Waals surface area contributed by atoms with Crippen molar-refractivity contribution in [2.24, 2.45) is 0 Å². The lowest BCUT2D eigenvalue weighted by Gasteiger charge is -2.28.